The fraction of sp³-hybridized carbons (Fsp3) is 0.520. The molecule has 8 nitrogen and oxygen atoms in total. The van der Waals surface area contributed by atoms with Crippen LogP contribution in [0.4, 0.5) is 19.0 Å². The second-order valence-electron chi connectivity index (χ2n) is 10.3. The van der Waals surface area contributed by atoms with Crippen LogP contribution in [0, 0.1) is 12.3 Å². The van der Waals surface area contributed by atoms with E-state index in [1.165, 1.54) is 13.0 Å². The molecule has 0 unspecified atom stereocenters. The summed E-state index contributed by atoms with van der Waals surface area (Å²) in [6, 6.07) is 3.72. The van der Waals surface area contributed by atoms with Crippen LogP contribution in [0.3, 0.4) is 0 Å². The first-order valence-electron chi connectivity index (χ1n) is 12.0. The van der Waals surface area contributed by atoms with Crippen LogP contribution in [0.2, 0.25) is 0 Å². The fourth-order valence-electron chi connectivity index (χ4n) is 5.08. The zero-order chi connectivity index (χ0) is 26.0. The zero-order valence-corrected chi connectivity index (χ0v) is 20.9. The molecule has 2 aromatic heterocycles. The van der Waals surface area contributed by atoms with Crippen molar-refractivity contribution in [3.63, 3.8) is 0 Å². The van der Waals surface area contributed by atoms with Crippen LogP contribution in [0.25, 0.3) is 5.78 Å². The number of nitrogens with one attached hydrogen (secondary N) is 1. The summed E-state index contributed by atoms with van der Waals surface area (Å²) < 4.78 is 47.7. The maximum absolute atomic E-state index is 13.5. The summed E-state index contributed by atoms with van der Waals surface area (Å²) >= 11 is 0. The van der Waals surface area contributed by atoms with Crippen LogP contribution in [0.5, 0.6) is 0 Å². The van der Waals surface area contributed by atoms with Gasteiger partial charge in [0.25, 0.3) is 5.78 Å². The van der Waals surface area contributed by atoms with Gasteiger partial charge in [-0.3, -0.25) is 9.20 Å². The number of amides is 1. The smallest absolute Gasteiger partial charge is 0.379 e. The Morgan fingerprint density at radius 2 is 1.89 bits per heavy atom. The molecule has 0 radical (unpaired) electrons. The number of fused-ring (bicyclic) bond motifs is 3. The van der Waals surface area contributed by atoms with Crippen LogP contribution in [-0.2, 0) is 28.8 Å². The standard InChI is InChI=1S/C25H29F3N6O2/c1-13(2)21-31-32-23-30-20(29-15(4)16-7-6-8-18(14(16)3)25(26,27)28)17-9-33(10-19(17)34(21)23)22(35)24(5)11-36-12-24/h6-8,13,15H,9-12H2,1-5H3,(H,29,30,32)/t15-/m1/s1. The Kier molecular flexibility index (Phi) is 5.73. The van der Waals surface area contributed by atoms with Gasteiger partial charge in [0.1, 0.15) is 11.6 Å². The maximum Gasteiger partial charge on any atom is 0.416 e. The Morgan fingerprint density at radius 1 is 1.17 bits per heavy atom. The molecule has 11 heteroatoms. The van der Waals surface area contributed by atoms with Crippen LogP contribution < -0.4 is 5.32 Å². The molecule has 1 amide bonds. The number of carbonyl (C=O) groups is 1. The van der Waals surface area contributed by atoms with E-state index in [0.29, 0.717) is 43.5 Å². The molecule has 0 spiro atoms. The number of halogens is 3. The molecule has 1 fully saturated rings. The summed E-state index contributed by atoms with van der Waals surface area (Å²) in [5, 5.41) is 11.9. The van der Waals surface area contributed by atoms with E-state index in [0.717, 1.165) is 23.1 Å². The predicted octanol–water partition coefficient (Wildman–Crippen LogP) is 4.63. The zero-order valence-electron chi connectivity index (χ0n) is 20.9. The normalized spacial score (nSPS) is 17.9. The second kappa shape index (κ2) is 8.43. The minimum absolute atomic E-state index is 0.00462. The number of hydrogen-bond donors (Lipinski definition) is 1. The Bertz CT molecular complexity index is 1350. The van der Waals surface area contributed by atoms with Gasteiger partial charge < -0.3 is 15.0 Å². The van der Waals surface area contributed by atoms with Gasteiger partial charge in [-0.05, 0) is 38.0 Å². The second-order valence-corrected chi connectivity index (χ2v) is 10.3. The lowest BCUT2D eigenvalue weighted by molar-refractivity contribution is -0.169. The molecule has 1 saturated heterocycles. The molecule has 1 atom stereocenters. The van der Waals surface area contributed by atoms with Gasteiger partial charge in [-0.15, -0.1) is 10.2 Å². The van der Waals surface area contributed by atoms with Gasteiger partial charge >= 0.3 is 6.18 Å². The van der Waals surface area contributed by atoms with Crippen LogP contribution in [0.15, 0.2) is 18.2 Å². The van der Waals surface area contributed by atoms with Crippen molar-refractivity contribution < 1.29 is 22.7 Å². The first kappa shape index (κ1) is 24.5. The maximum atomic E-state index is 13.5. The summed E-state index contributed by atoms with van der Waals surface area (Å²) in [5.41, 5.74) is 1.16. The lowest BCUT2D eigenvalue weighted by Gasteiger charge is -2.39. The van der Waals surface area contributed by atoms with E-state index in [9.17, 15) is 18.0 Å². The third kappa shape index (κ3) is 3.89. The number of alkyl halides is 3. The molecular formula is C25H29F3N6O2. The quantitative estimate of drug-likeness (QED) is 0.548. The Hall–Kier alpha value is -3.21. The van der Waals surface area contributed by atoms with E-state index in [4.69, 9.17) is 9.72 Å². The number of aromatic nitrogens is 4. The highest BCUT2D eigenvalue weighted by Crippen LogP contribution is 2.38. The van der Waals surface area contributed by atoms with E-state index in [2.05, 4.69) is 15.5 Å². The topological polar surface area (TPSA) is 84.7 Å². The fourth-order valence-corrected chi connectivity index (χ4v) is 5.08. The average molecular weight is 503 g/mol. The number of nitrogens with zero attached hydrogens (tertiary/aromatic N) is 5. The SMILES string of the molecule is Cc1c([C@@H](C)Nc2nc3nnc(C(C)C)n3c3c2CN(C(=O)C2(C)COC2)C3)cccc1C(F)(F)F. The molecule has 0 saturated carbocycles. The van der Waals surface area contributed by atoms with Gasteiger partial charge in [0.05, 0.1) is 49.0 Å². The van der Waals surface area contributed by atoms with Crippen molar-refractivity contribution in [3.05, 3.63) is 52.0 Å². The molecule has 36 heavy (non-hydrogen) atoms. The number of ether oxygens (including phenoxy) is 1. The highest BCUT2D eigenvalue weighted by Gasteiger charge is 2.45. The van der Waals surface area contributed by atoms with Crippen molar-refractivity contribution in [2.24, 2.45) is 5.41 Å². The lowest BCUT2D eigenvalue weighted by atomic mass is 9.87. The van der Waals surface area contributed by atoms with E-state index >= 15 is 0 Å². The highest BCUT2D eigenvalue weighted by atomic mass is 19.4. The molecule has 192 valence electrons. The van der Waals surface area contributed by atoms with E-state index in [1.807, 2.05) is 25.2 Å². The molecule has 2 aliphatic heterocycles. The summed E-state index contributed by atoms with van der Waals surface area (Å²) in [4.78, 5) is 19.8. The first-order chi connectivity index (χ1) is 16.9. The minimum Gasteiger partial charge on any atom is -0.379 e. The third-order valence-corrected chi connectivity index (χ3v) is 7.14. The summed E-state index contributed by atoms with van der Waals surface area (Å²) in [6.07, 6.45) is -4.44. The van der Waals surface area contributed by atoms with Gasteiger partial charge in [-0.2, -0.15) is 18.2 Å². The number of hydrogen-bond acceptors (Lipinski definition) is 6. The van der Waals surface area contributed by atoms with Crippen molar-refractivity contribution >= 4 is 17.5 Å². The molecule has 2 aliphatic rings. The van der Waals surface area contributed by atoms with Gasteiger partial charge in [0.15, 0.2) is 0 Å². The molecule has 1 N–H and O–H groups in total. The lowest BCUT2D eigenvalue weighted by Crippen LogP contribution is -2.52. The molecule has 0 bridgehead atoms. The molecule has 1 aromatic carbocycles. The number of benzene rings is 1. The molecule has 0 aliphatic carbocycles. The van der Waals surface area contributed by atoms with Crippen molar-refractivity contribution in [1.82, 2.24) is 24.5 Å². The van der Waals surface area contributed by atoms with Crippen molar-refractivity contribution in [2.45, 2.75) is 65.8 Å². The van der Waals surface area contributed by atoms with Crippen LogP contribution >= 0.6 is 0 Å². The molecule has 5 rings (SSSR count). The van der Waals surface area contributed by atoms with Gasteiger partial charge in [0.2, 0.25) is 5.91 Å². The van der Waals surface area contributed by atoms with Crippen molar-refractivity contribution in [3.8, 4) is 0 Å². The van der Waals surface area contributed by atoms with E-state index in [1.54, 1.807) is 17.9 Å². The van der Waals surface area contributed by atoms with E-state index < -0.39 is 23.2 Å². The molecule has 4 heterocycles. The average Bonchev–Trinajstić information content (AvgIpc) is 3.40. The largest absolute Gasteiger partial charge is 0.416 e. The number of carbonyl (C=O) groups excluding carboxylic acids is 1. The van der Waals surface area contributed by atoms with Crippen molar-refractivity contribution in [1.29, 1.82) is 0 Å². The van der Waals surface area contributed by atoms with Gasteiger partial charge in [-0.1, -0.05) is 26.0 Å². The monoisotopic (exact) mass is 502 g/mol. The number of rotatable bonds is 5. The summed E-state index contributed by atoms with van der Waals surface area (Å²) in [5.74, 6) is 1.72. The third-order valence-electron chi connectivity index (χ3n) is 7.14. The number of anilines is 1. The predicted molar refractivity (Wildman–Crippen MR) is 126 cm³/mol. The molecular weight excluding hydrogens is 473 g/mol. The van der Waals surface area contributed by atoms with Gasteiger partial charge in [0, 0.05) is 11.5 Å². The van der Waals surface area contributed by atoms with Crippen LogP contribution in [-0.4, -0.2) is 43.6 Å². The van der Waals surface area contributed by atoms with Gasteiger partial charge in [-0.25, -0.2) is 0 Å². The Morgan fingerprint density at radius 3 is 2.50 bits per heavy atom. The summed E-state index contributed by atoms with van der Waals surface area (Å²) in [6.45, 7) is 10.7. The van der Waals surface area contributed by atoms with Crippen LogP contribution in [0.1, 0.15) is 73.4 Å². The van der Waals surface area contributed by atoms with Crippen molar-refractivity contribution in [2.75, 3.05) is 18.5 Å². The summed E-state index contributed by atoms with van der Waals surface area (Å²) in [7, 11) is 0. The first-order valence-corrected chi connectivity index (χ1v) is 12.0. The Balaban J connectivity index is 1.55. The van der Waals surface area contributed by atoms with E-state index in [-0.39, 0.29) is 17.4 Å². The molecule has 3 aromatic rings. The Labute approximate surface area is 206 Å². The minimum atomic E-state index is -4.44. The highest BCUT2D eigenvalue weighted by molar-refractivity contribution is 5.84.